The number of likely N-dealkylation sites (tertiary alicyclic amines) is 1. The number of carbonyl (C=O) groups excluding carboxylic acids is 2. The van der Waals surface area contributed by atoms with Crippen molar-refractivity contribution in [2.75, 3.05) is 19.6 Å². The second kappa shape index (κ2) is 8.05. The van der Waals surface area contributed by atoms with E-state index in [9.17, 15) is 14.4 Å². The SMILES string of the molecule is NC(=O)CN1CCC(NC(=O)Cn2c3ccccc3c(=O)c3ccccc32)CC1. The van der Waals surface area contributed by atoms with Crippen LogP contribution in [0.25, 0.3) is 21.8 Å². The predicted molar refractivity (Wildman–Crippen MR) is 113 cm³/mol. The van der Waals surface area contributed by atoms with Crippen LogP contribution in [0.4, 0.5) is 0 Å². The first-order chi connectivity index (χ1) is 14.0. The minimum atomic E-state index is -0.329. The van der Waals surface area contributed by atoms with E-state index in [-0.39, 0.29) is 36.4 Å². The third kappa shape index (κ3) is 4.00. The molecule has 3 aromatic rings. The molecule has 0 aliphatic carbocycles. The Morgan fingerprint density at radius 3 is 2.03 bits per heavy atom. The van der Waals surface area contributed by atoms with E-state index in [1.807, 2.05) is 45.9 Å². The van der Waals surface area contributed by atoms with E-state index < -0.39 is 0 Å². The molecule has 0 atom stereocenters. The summed E-state index contributed by atoms with van der Waals surface area (Å²) in [5.41, 5.74) is 6.74. The largest absolute Gasteiger partial charge is 0.369 e. The van der Waals surface area contributed by atoms with Crippen LogP contribution < -0.4 is 16.5 Å². The number of fused-ring (bicyclic) bond motifs is 2. The highest BCUT2D eigenvalue weighted by Crippen LogP contribution is 2.19. The average Bonchev–Trinajstić information content (AvgIpc) is 2.72. The summed E-state index contributed by atoms with van der Waals surface area (Å²) in [4.78, 5) is 38.7. The van der Waals surface area contributed by atoms with E-state index >= 15 is 0 Å². The fourth-order valence-electron chi connectivity index (χ4n) is 4.12. The molecule has 7 heteroatoms. The number of nitrogens with two attached hydrogens (primary N) is 1. The lowest BCUT2D eigenvalue weighted by molar-refractivity contribution is -0.123. The van der Waals surface area contributed by atoms with Gasteiger partial charge in [0, 0.05) is 29.9 Å². The van der Waals surface area contributed by atoms with Gasteiger partial charge in [-0.25, -0.2) is 0 Å². The van der Waals surface area contributed by atoms with Gasteiger partial charge < -0.3 is 15.6 Å². The molecule has 1 aromatic heterocycles. The number of piperidine rings is 1. The molecule has 1 aliphatic rings. The van der Waals surface area contributed by atoms with Gasteiger partial charge in [0.15, 0.2) is 5.43 Å². The number of pyridine rings is 1. The highest BCUT2D eigenvalue weighted by molar-refractivity contribution is 5.94. The van der Waals surface area contributed by atoms with E-state index in [1.54, 1.807) is 12.1 Å². The Bertz CT molecular complexity index is 1070. The van der Waals surface area contributed by atoms with Gasteiger partial charge in [-0.05, 0) is 37.1 Å². The summed E-state index contributed by atoms with van der Waals surface area (Å²) in [5.74, 6) is -0.415. The highest BCUT2D eigenvalue weighted by atomic mass is 16.2. The van der Waals surface area contributed by atoms with Crippen molar-refractivity contribution in [1.29, 1.82) is 0 Å². The summed E-state index contributed by atoms with van der Waals surface area (Å²) < 4.78 is 1.91. The summed E-state index contributed by atoms with van der Waals surface area (Å²) >= 11 is 0. The third-order valence-corrected chi connectivity index (χ3v) is 5.51. The molecule has 1 aliphatic heterocycles. The summed E-state index contributed by atoms with van der Waals surface area (Å²) in [6.45, 7) is 1.87. The topological polar surface area (TPSA) is 97.4 Å². The van der Waals surface area contributed by atoms with Crippen LogP contribution in [0.1, 0.15) is 12.8 Å². The number of para-hydroxylation sites is 2. The second-order valence-electron chi connectivity index (χ2n) is 7.53. The number of hydrogen-bond acceptors (Lipinski definition) is 4. The van der Waals surface area contributed by atoms with Crippen molar-refractivity contribution < 1.29 is 9.59 Å². The molecule has 0 bridgehead atoms. The Hall–Kier alpha value is -3.19. The number of nitrogens with one attached hydrogen (secondary N) is 1. The lowest BCUT2D eigenvalue weighted by Gasteiger charge is -2.31. The van der Waals surface area contributed by atoms with E-state index in [4.69, 9.17) is 5.73 Å². The van der Waals surface area contributed by atoms with Crippen molar-refractivity contribution in [2.45, 2.75) is 25.4 Å². The van der Waals surface area contributed by atoms with Crippen LogP contribution in [0.15, 0.2) is 53.3 Å². The summed E-state index contributed by atoms with van der Waals surface area (Å²) in [6, 6.07) is 14.8. The zero-order valence-corrected chi connectivity index (χ0v) is 16.1. The molecule has 2 heterocycles. The van der Waals surface area contributed by atoms with Gasteiger partial charge in [0.25, 0.3) is 0 Å². The van der Waals surface area contributed by atoms with E-state index in [1.165, 1.54) is 0 Å². The summed E-state index contributed by atoms with van der Waals surface area (Å²) in [5, 5.41) is 4.32. The lowest BCUT2D eigenvalue weighted by Crippen LogP contribution is -2.47. The quantitative estimate of drug-likeness (QED) is 0.638. The van der Waals surface area contributed by atoms with Crippen molar-refractivity contribution in [3.63, 3.8) is 0 Å². The van der Waals surface area contributed by atoms with E-state index in [0.29, 0.717) is 10.8 Å². The maximum absolute atomic E-state index is 12.8. The van der Waals surface area contributed by atoms with Crippen LogP contribution in [-0.2, 0) is 16.1 Å². The van der Waals surface area contributed by atoms with Gasteiger partial charge in [-0.3, -0.25) is 19.3 Å². The van der Waals surface area contributed by atoms with Crippen LogP contribution in [0, 0.1) is 0 Å². The Labute approximate surface area is 168 Å². The first-order valence-corrected chi connectivity index (χ1v) is 9.83. The fourth-order valence-corrected chi connectivity index (χ4v) is 4.12. The molecule has 1 saturated heterocycles. The predicted octanol–water partition coefficient (Wildman–Crippen LogP) is 1.22. The van der Waals surface area contributed by atoms with Gasteiger partial charge in [-0.15, -0.1) is 0 Å². The Balaban J connectivity index is 1.55. The van der Waals surface area contributed by atoms with Gasteiger partial charge in [0.2, 0.25) is 11.8 Å². The first kappa shape index (κ1) is 19.1. The summed E-state index contributed by atoms with van der Waals surface area (Å²) in [7, 11) is 0. The van der Waals surface area contributed by atoms with Gasteiger partial charge >= 0.3 is 0 Å². The van der Waals surface area contributed by atoms with Gasteiger partial charge in [-0.1, -0.05) is 24.3 Å². The van der Waals surface area contributed by atoms with Crippen LogP contribution in [-0.4, -0.2) is 47.0 Å². The second-order valence-corrected chi connectivity index (χ2v) is 7.53. The molecular weight excluding hydrogens is 368 g/mol. The molecule has 7 nitrogen and oxygen atoms in total. The average molecular weight is 392 g/mol. The van der Waals surface area contributed by atoms with Crippen molar-refractivity contribution in [2.24, 2.45) is 5.73 Å². The molecule has 29 heavy (non-hydrogen) atoms. The van der Waals surface area contributed by atoms with Crippen molar-refractivity contribution in [1.82, 2.24) is 14.8 Å². The van der Waals surface area contributed by atoms with Gasteiger partial charge in [0.1, 0.15) is 6.54 Å². The summed E-state index contributed by atoms with van der Waals surface area (Å²) in [6.07, 6.45) is 1.56. The van der Waals surface area contributed by atoms with Gasteiger partial charge in [-0.2, -0.15) is 0 Å². The maximum atomic E-state index is 12.8. The monoisotopic (exact) mass is 392 g/mol. The minimum absolute atomic E-state index is 0.0188. The molecule has 0 unspecified atom stereocenters. The number of hydrogen-bond donors (Lipinski definition) is 2. The van der Waals surface area contributed by atoms with Crippen molar-refractivity contribution in [3.8, 4) is 0 Å². The van der Waals surface area contributed by atoms with Crippen molar-refractivity contribution >= 4 is 33.6 Å². The lowest BCUT2D eigenvalue weighted by atomic mass is 10.0. The number of aromatic nitrogens is 1. The molecule has 150 valence electrons. The zero-order chi connectivity index (χ0) is 20.4. The molecule has 0 radical (unpaired) electrons. The number of carbonyl (C=O) groups is 2. The molecular formula is C22H24N4O3. The van der Waals surface area contributed by atoms with Crippen LogP contribution in [0.5, 0.6) is 0 Å². The smallest absolute Gasteiger partial charge is 0.240 e. The highest BCUT2D eigenvalue weighted by Gasteiger charge is 2.22. The van der Waals surface area contributed by atoms with Crippen LogP contribution >= 0.6 is 0 Å². The zero-order valence-electron chi connectivity index (χ0n) is 16.1. The third-order valence-electron chi connectivity index (χ3n) is 5.51. The number of amides is 2. The molecule has 3 N–H and O–H groups in total. The van der Waals surface area contributed by atoms with Crippen molar-refractivity contribution in [3.05, 3.63) is 58.8 Å². The number of rotatable bonds is 5. The Morgan fingerprint density at radius 1 is 0.931 bits per heavy atom. The molecule has 1 fully saturated rings. The molecule has 0 spiro atoms. The molecule has 0 saturated carbocycles. The maximum Gasteiger partial charge on any atom is 0.240 e. The van der Waals surface area contributed by atoms with Crippen LogP contribution in [0.2, 0.25) is 0 Å². The van der Waals surface area contributed by atoms with Gasteiger partial charge in [0.05, 0.1) is 17.6 Å². The van der Waals surface area contributed by atoms with E-state index in [0.717, 1.165) is 37.0 Å². The van der Waals surface area contributed by atoms with Crippen LogP contribution in [0.3, 0.4) is 0 Å². The molecule has 2 aromatic carbocycles. The standard InChI is InChI=1S/C22H24N4O3/c23-20(27)13-25-11-9-15(10-12-25)24-21(28)14-26-18-7-3-1-5-16(18)22(29)17-6-2-4-8-19(17)26/h1-8,15H,9-14H2,(H2,23,27)(H,24,28). The molecule has 4 rings (SSSR count). The molecule has 2 amide bonds. The number of benzene rings is 2. The number of nitrogens with zero attached hydrogens (tertiary/aromatic N) is 2. The fraction of sp³-hybridized carbons (Fsp3) is 0.318. The first-order valence-electron chi connectivity index (χ1n) is 9.83. The van der Waals surface area contributed by atoms with E-state index in [2.05, 4.69) is 5.32 Å². The minimum Gasteiger partial charge on any atom is -0.369 e. The number of primary amides is 1. The Kier molecular flexibility index (Phi) is 5.31. The Morgan fingerprint density at radius 2 is 1.48 bits per heavy atom. The normalized spacial score (nSPS) is 15.6.